The molecule has 1 saturated carbocycles. The van der Waals surface area contributed by atoms with E-state index in [1.54, 1.807) is 6.07 Å². The van der Waals surface area contributed by atoms with Gasteiger partial charge in [0.25, 0.3) is 0 Å². The zero-order valence-corrected chi connectivity index (χ0v) is 15.0. The molecule has 0 spiro atoms. The maximum atomic E-state index is 12.6. The van der Waals surface area contributed by atoms with Gasteiger partial charge in [0.05, 0.1) is 6.61 Å². The van der Waals surface area contributed by atoms with Gasteiger partial charge in [-0.3, -0.25) is 0 Å². The summed E-state index contributed by atoms with van der Waals surface area (Å²) < 4.78 is 35.7. The number of rotatable bonds is 8. The molecule has 2 fully saturated rings. The number of halogens is 2. The molecular formula is C19H28F2N2O2. The van der Waals surface area contributed by atoms with Gasteiger partial charge in [0.1, 0.15) is 0 Å². The van der Waals surface area contributed by atoms with E-state index in [0.29, 0.717) is 30.2 Å². The minimum atomic E-state index is -2.84. The molecule has 1 aromatic rings. The zero-order chi connectivity index (χ0) is 17.8. The first kappa shape index (κ1) is 18.2. The predicted molar refractivity (Wildman–Crippen MR) is 94.8 cm³/mol. The topological polar surface area (TPSA) is 33.7 Å². The lowest BCUT2D eigenvalue weighted by Gasteiger charge is -2.36. The molecule has 1 aliphatic carbocycles. The fourth-order valence-electron chi connectivity index (χ4n) is 3.28. The van der Waals surface area contributed by atoms with Crippen LogP contribution in [0.5, 0.6) is 11.5 Å². The molecule has 0 radical (unpaired) electrons. The van der Waals surface area contributed by atoms with Gasteiger partial charge < -0.3 is 19.7 Å². The molecule has 6 heteroatoms. The van der Waals surface area contributed by atoms with E-state index in [1.165, 1.54) is 0 Å². The van der Waals surface area contributed by atoms with Crippen molar-refractivity contribution in [3.8, 4) is 11.5 Å². The summed E-state index contributed by atoms with van der Waals surface area (Å²) in [5.41, 5.74) is 1.00. The van der Waals surface area contributed by atoms with Crippen LogP contribution in [0.3, 0.4) is 0 Å². The lowest BCUT2D eigenvalue weighted by atomic mass is 10.0. The van der Waals surface area contributed by atoms with Crippen LogP contribution in [0.1, 0.15) is 33.1 Å². The number of piperazine rings is 1. The van der Waals surface area contributed by atoms with Crippen LogP contribution < -0.4 is 19.7 Å². The Hall–Kier alpha value is -1.56. The fraction of sp³-hybridized carbons (Fsp3) is 0.684. The van der Waals surface area contributed by atoms with Crippen molar-refractivity contribution in [1.82, 2.24) is 5.32 Å². The van der Waals surface area contributed by atoms with Crippen LogP contribution in [0.2, 0.25) is 0 Å². The Morgan fingerprint density at radius 1 is 1.24 bits per heavy atom. The second-order valence-electron chi connectivity index (χ2n) is 7.49. The standard InChI is InChI=1S/C19H28F2N2O2/c1-13(2)9-15-11-23(8-7-22-15)16-5-6-17(25-19(20)21)18(10-16)24-12-14-3-4-14/h5-6,10,13-15,19,22H,3-4,7-9,11-12H2,1-2H3/t15-/m0/s1. The largest absolute Gasteiger partial charge is 0.489 e. The fourth-order valence-corrected chi connectivity index (χ4v) is 3.28. The molecule has 0 bridgehead atoms. The summed E-state index contributed by atoms with van der Waals surface area (Å²) in [5, 5.41) is 3.55. The normalized spacial score (nSPS) is 21.0. The van der Waals surface area contributed by atoms with Crippen LogP contribution in [0.25, 0.3) is 0 Å². The number of anilines is 1. The number of nitrogens with one attached hydrogen (secondary N) is 1. The highest BCUT2D eigenvalue weighted by Gasteiger charge is 2.24. The summed E-state index contributed by atoms with van der Waals surface area (Å²) in [6, 6.07) is 5.74. The van der Waals surface area contributed by atoms with Crippen molar-refractivity contribution in [2.24, 2.45) is 11.8 Å². The quantitative estimate of drug-likeness (QED) is 0.768. The van der Waals surface area contributed by atoms with Gasteiger partial charge in [-0.2, -0.15) is 8.78 Å². The molecule has 1 aliphatic heterocycles. The summed E-state index contributed by atoms with van der Waals surface area (Å²) in [6.45, 7) is 4.90. The number of nitrogens with zero attached hydrogens (tertiary/aromatic N) is 1. The molecule has 25 heavy (non-hydrogen) atoms. The third-order valence-corrected chi connectivity index (χ3v) is 4.69. The van der Waals surface area contributed by atoms with Crippen LogP contribution in [0, 0.1) is 11.8 Å². The van der Waals surface area contributed by atoms with E-state index in [-0.39, 0.29) is 5.75 Å². The Morgan fingerprint density at radius 2 is 2.04 bits per heavy atom. The summed E-state index contributed by atoms with van der Waals surface area (Å²) in [5.74, 6) is 1.73. The van der Waals surface area contributed by atoms with E-state index < -0.39 is 6.61 Å². The SMILES string of the molecule is CC(C)C[C@H]1CN(c2ccc(OC(F)F)c(OCC3CC3)c2)CCN1. The summed E-state index contributed by atoms with van der Waals surface area (Å²) >= 11 is 0. The second-order valence-corrected chi connectivity index (χ2v) is 7.49. The third-order valence-electron chi connectivity index (χ3n) is 4.69. The highest BCUT2D eigenvalue weighted by atomic mass is 19.3. The predicted octanol–water partition coefficient (Wildman–Crippen LogP) is 3.90. The van der Waals surface area contributed by atoms with E-state index in [4.69, 9.17) is 4.74 Å². The van der Waals surface area contributed by atoms with Gasteiger partial charge in [-0.25, -0.2) is 0 Å². The average Bonchev–Trinajstić information content (AvgIpc) is 3.37. The lowest BCUT2D eigenvalue weighted by molar-refractivity contribution is -0.0515. The smallest absolute Gasteiger partial charge is 0.387 e. The number of benzene rings is 1. The molecule has 4 nitrogen and oxygen atoms in total. The monoisotopic (exact) mass is 354 g/mol. The Balaban J connectivity index is 1.72. The van der Waals surface area contributed by atoms with Crippen molar-refractivity contribution < 1.29 is 18.3 Å². The van der Waals surface area contributed by atoms with E-state index >= 15 is 0 Å². The molecule has 1 saturated heterocycles. The van der Waals surface area contributed by atoms with Gasteiger partial charge in [-0.1, -0.05) is 13.8 Å². The molecule has 140 valence electrons. The number of hydrogen-bond donors (Lipinski definition) is 1. The van der Waals surface area contributed by atoms with Crippen molar-refractivity contribution >= 4 is 5.69 Å². The van der Waals surface area contributed by atoms with E-state index in [9.17, 15) is 8.78 Å². The van der Waals surface area contributed by atoms with Gasteiger partial charge in [-0.05, 0) is 43.2 Å². The van der Waals surface area contributed by atoms with E-state index in [2.05, 4.69) is 28.8 Å². The zero-order valence-electron chi connectivity index (χ0n) is 15.0. The van der Waals surface area contributed by atoms with Crippen LogP contribution in [-0.4, -0.2) is 38.9 Å². The first-order chi connectivity index (χ1) is 12.0. The van der Waals surface area contributed by atoms with E-state index in [0.717, 1.165) is 44.6 Å². The van der Waals surface area contributed by atoms with Gasteiger partial charge in [0.15, 0.2) is 11.5 Å². The van der Waals surface area contributed by atoms with Crippen molar-refractivity contribution in [3.05, 3.63) is 18.2 Å². The molecule has 1 aromatic carbocycles. The number of ether oxygens (including phenoxy) is 2. The first-order valence-corrected chi connectivity index (χ1v) is 9.21. The number of hydrogen-bond acceptors (Lipinski definition) is 4. The molecule has 0 unspecified atom stereocenters. The van der Waals surface area contributed by atoms with Gasteiger partial charge in [-0.15, -0.1) is 0 Å². The van der Waals surface area contributed by atoms with Crippen LogP contribution >= 0.6 is 0 Å². The summed E-state index contributed by atoms with van der Waals surface area (Å²) in [6.07, 6.45) is 3.42. The Bertz CT molecular complexity index is 564. The van der Waals surface area contributed by atoms with Gasteiger partial charge in [0.2, 0.25) is 0 Å². The van der Waals surface area contributed by atoms with Gasteiger partial charge in [0, 0.05) is 37.4 Å². The Kier molecular flexibility index (Phi) is 5.99. The molecule has 0 aromatic heterocycles. The molecule has 3 rings (SSSR count). The second kappa shape index (κ2) is 8.21. The molecule has 1 N–H and O–H groups in total. The minimum absolute atomic E-state index is 0.119. The molecule has 1 atom stereocenters. The van der Waals surface area contributed by atoms with E-state index in [1.807, 2.05) is 12.1 Å². The summed E-state index contributed by atoms with van der Waals surface area (Å²) in [7, 11) is 0. The average molecular weight is 354 g/mol. The molecule has 2 aliphatic rings. The van der Waals surface area contributed by atoms with Crippen molar-refractivity contribution in [2.45, 2.75) is 45.8 Å². The molecular weight excluding hydrogens is 326 g/mol. The summed E-state index contributed by atoms with van der Waals surface area (Å²) in [4.78, 5) is 2.29. The van der Waals surface area contributed by atoms with Crippen LogP contribution in [0.4, 0.5) is 14.5 Å². The molecule has 0 amide bonds. The Labute approximate surface area is 148 Å². The highest BCUT2D eigenvalue weighted by Crippen LogP contribution is 2.36. The van der Waals surface area contributed by atoms with Crippen LogP contribution in [0.15, 0.2) is 18.2 Å². The lowest BCUT2D eigenvalue weighted by Crippen LogP contribution is -2.51. The maximum absolute atomic E-state index is 12.6. The van der Waals surface area contributed by atoms with Crippen LogP contribution in [-0.2, 0) is 0 Å². The highest BCUT2D eigenvalue weighted by molar-refractivity contribution is 5.57. The first-order valence-electron chi connectivity index (χ1n) is 9.21. The maximum Gasteiger partial charge on any atom is 0.387 e. The third kappa shape index (κ3) is 5.46. The van der Waals surface area contributed by atoms with Crippen molar-refractivity contribution in [2.75, 3.05) is 31.1 Å². The number of alkyl halides is 2. The van der Waals surface area contributed by atoms with Crippen molar-refractivity contribution in [3.63, 3.8) is 0 Å². The van der Waals surface area contributed by atoms with Gasteiger partial charge >= 0.3 is 6.61 Å². The Morgan fingerprint density at radius 3 is 2.72 bits per heavy atom. The van der Waals surface area contributed by atoms with Crippen molar-refractivity contribution in [1.29, 1.82) is 0 Å². The molecule has 1 heterocycles. The minimum Gasteiger partial charge on any atom is -0.489 e.